The number of halogens is 5. The summed E-state index contributed by atoms with van der Waals surface area (Å²) in [7, 11) is -4.90. The van der Waals surface area contributed by atoms with Gasteiger partial charge in [-0.3, -0.25) is 4.79 Å². The van der Waals surface area contributed by atoms with Crippen LogP contribution in [0.4, 0.5) is 22.0 Å². The Labute approximate surface area is 173 Å². The van der Waals surface area contributed by atoms with Crippen molar-refractivity contribution in [2.75, 3.05) is 0 Å². The first kappa shape index (κ1) is 23.0. The van der Waals surface area contributed by atoms with Crippen molar-refractivity contribution in [1.29, 1.82) is 0 Å². The average Bonchev–Trinajstić information content (AvgIpc) is 2.71. The quantitative estimate of drug-likeness (QED) is 0.194. The molecule has 1 N–H and O–H groups in total. The first-order chi connectivity index (χ1) is 14.6. The summed E-state index contributed by atoms with van der Waals surface area (Å²) < 4.78 is 96.6. The van der Waals surface area contributed by atoms with Gasteiger partial charge in [0.05, 0.1) is 0 Å². The molecule has 2 atom stereocenters. The van der Waals surface area contributed by atoms with Crippen LogP contribution < -0.4 is 14.1 Å². The van der Waals surface area contributed by atoms with Crippen molar-refractivity contribution in [1.82, 2.24) is 5.09 Å². The van der Waals surface area contributed by atoms with Gasteiger partial charge in [-0.25, -0.2) is 17.7 Å². The van der Waals surface area contributed by atoms with Gasteiger partial charge in [0.2, 0.25) is 34.8 Å². The van der Waals surface area contributed by atoms with Crippen molar-refractivity contribution in [2.24, 2.45) is 0 Å². The molecule has 12 heteroatoms. The molecule has 0 aromatic heterocycles. The standard InChI is InChI=1S/C19H17F5NO5P/c1-10(19(26)28-11-8-5-9-11)25-31(27,29-12-6-3-2-4-7-12)30-18-16(23)14(21)13(20)15(22)17(18)24/h2-4,6-7,10-11H,5,8-9H2,1H3,(H,25,27)/t10-,31+/m0/s1. The summed E-state index contributed by atoms with van der Waals surface area (Å²) in [5.41, 5.74) is 0. The maximum absolute atomic E-state index is 14.1. The van der Waals surface area contributed by atoms with Gasteiger partial charge >= 0.3 is 13.7 Å². The van der Waals surface area contributed by atoms with Gasteiger partial charge in [-0.2, -0.15) is 13.9 Å². The summed E-state index contributed by atoms with van der Waals surface area (Å²) in [5, 5.41) is 2.12. The molecule has 0 heterocycles. The molecule has 31 heavy (non-hydrogen) atoms. The van der Waals surface area contributed by atoms with Crippen LogP contribution in [0.5, 0.6) is 11.5 Å². The first-order valence-electron chi connectivity index (χ1n) is 9.15. The van der Waals surface area contributed by atoms with Crippen molar-refractivity contribution in [3.63, 3.8) is 0 Å². The molecule has 0 unspecified atom stereocenters. The predicted molar refractivity (Wildman–Crippen MR) is 97.9 cm³/mol. The fourth-order valence-electron chi connectivity index (χ4n) is 2.52. The summed E-state index contributed by atoms with van der Waals surface area (Å²) in [5.74, 6) is -14.5. The third-order valence-electron chi connectivity index (χ3n) is 4.39. The van der Waals surface area contributed by atoms with Crippen LogP contribution in [0.3, 0.4) is 0 Å². The Morgan fingerprint density at radius 3 is 2.03 bits per heavy atom. The van der Waals surface area contributed by atoms with E-state index < -0.39 is 54.6 Å². The van der Waals surface area contributed by atoms with Gasteiger partial charge in [0.25, 0.3) is 0 Å². The number of nitrogens with one attached hydrogen (secondary N) is 1. The molecule has 0 bridgehead atoms. The molecule has 0 amide bonds. The normalized spacial score (nSPS) is 16.7. The van der Waals surface area contributed by atoms with E-state index in [-0.39, 0.29) is 11.9 Å². The van der Waals surface area contributed by atoms with Crippen LogP contribution in [0.15, 0.2) is 30.3 Å². The fraction of sp³-hybridized carbons (Fsp3) is 0.316. The fourth-order valence-corrected chi connectivity index (χ4v) is 4.04. The molecule has 1 aliphatic rings. The van der Waals surface area contributed by atoms with Crippen LogP contribution in [0.2, 0.25) is 0 Å². The summed E-state index contributed by atoms with van der Waals surface area (Å²) in [6.07, 6.45) is 1.86. The largest absolute Gasteiger partial charge is 0.513 e. The number of hydrogen-bond acceptors (Lipinski definition) is 5. The molecule has 6 nitrogen and oxygen atoms in total. The Morgan fingerprint density at radius 2 is 1.52 bits per heavy atom. The van der Waals surface area contributed by atoms with E-state index in [0.29, 0.717) is 12.8 Å². The van der Waals surface area contributed by atoms with Crippen molar-refractivity contribution in [3.8, 4) is 11.5 Å². The summed E-state index contributed by atoms with van der Waals surface area (Å²) >= 11 is 0. The number of para-hydroxylation sites is 1. The van der Waals surface area contributed by atoms with Gasteiger partial charge in [0, 0.05) is 0 Å². The second-order valence-corrected chi connectivity index (χ2v) is 8.35. The van der Waals surface area contributed by atoms with Gasteiger partial charge in [-0.05, 0) is 38.3 Å². The van der Waals surface area contributed by atoms with Crippen LogP contribution in [0, 0.1) is 29.1 Å². The van der Waals surface area contributed by atoms with Crippen LogP contribution in [0.25, 0.3) is 0 Å². The minimum absolute atomic E-state index is 0.123. The molecular formula is C19H17F5NO5P. The molecule has 1 saturated carbocycles. The predicted octanol–water partition coefficient (Wildman–Crippen LogP) is 5.02. The molecule has 0 aliphatic heterocycles. The second kappa shape index (κ2) is 9.23. The van der Waals surface area contributed by atoms with Gasteiger partial charge in [-0.1, -0.05) is 18.2 Å². The topological polar surface area (TPSA) is 73.9 Å². The molecule has 2 aromatic rings. The monoisotopic (exact) mass is 465 g/mol. The SMILES string of the molecule is C[C@H](N[P@@](=O)(Oc1ccccc1)Oc1c(F)c(F)c(F)c(F)c1F)C(=O)OC1CCC1. The van der Waals surface area contributed by atoms with E-state index in [9.17, 15) is 31.3 Å². The lowest BCUT2D eigenvalue weighted by Gasteiger charge is -2.28. The molecule has 2 aromatic carbocycles. The number of carbonyl (C=O) groups excluding carboxylic acids is 1. The number of esters is 1. The maximum atomic E-state index is 14.1. The third kappa shape index (κ3) is 5.16. The smallest absolute Gasteiger partial charge is 0.461 e. The molecule has 1 aliphatic carbocycles. The Hall–Kier alpha value is -2.65. The Kier molecular flexibility index (Phi) is 6.86. The highest BCUT2D eigenvalue weighted by molar-refractivity contribution is 7.52. The number of hydrogen-bond donors (Lipinski definition) is 1. The average molecular weight is 465 g/mol. The molecule has 0 spiro atoms. The van der Waals surface area contributed by atoms with Gasteiger partial charge in [0.15, 0.2) is 0 Å². The maximum Gasteiger partial charge on any atom is 0.513 e. The van der Waals surface area contributed by atoms with Crippen LogP contribution in [-0.2, 0) is 14.1 Å². The number of ether oxygens (including phenoxy) is 1. The highest BCUT2D eigenvalue weighted by Gasteiger charge is 2.39. The van der Waals surface area contributed by atoms with E-state index in [4.69, 9.17) is 9.26 Å². The molecule has 3 rings (SSSR count). The van der Waals surface area contributed by atoms with Gasteiger partial charge < -0.3 is 13.8 Å². The Balaban J connectivity index is 1.91. The summed E-state index contributed by atoms with van der Waals surface area (Å²) in [4.78, 5) is 12.2. The van der Waals surface area contributed by atoms with Crippen LogP contribution >= 0.6 is 7.75 Å². The number of benzene rings is 2. The van der Waals surface area contributed by atoms with E-state index in [0.717, 1.165) is 6.42 Å². The van der Waals surface area contributed by atoms with E-state index in [1.165, 1.54) is 31.2 Å². The molecule has 1 fully saturated rings. The van der Waals surface area contributed by atoms with Crippen molar-refractivity contribution < 1.29 is 45.1 Å². The Morgan fingerprint density at radius 1 is 0.968 bits per heavy atom. The highest BCUT2D eigenvalue weighted by Crippen LogP contribution is 2.47. The van der Waals surface area contributed by atoms with Crippen molar-refractivity contribution >= 4 is 13.7 Å². The first-order valence-corrected chi connectivity index (χ1v) is 10.7. The van der Waals surface area contributed by atoms with Gasteiger partial charge in [-0.15, -0.1) is 0 Å². The molecular weight excluding hydrogens is 448 g/mol. The second-order valence-electron chi connectivity index (χ2n) is 6.73. The van der Waals surface area contributed by atoms with E-state index in [1.54, 1.807) is 6.07 Å². The lowest BCUT2D eigenvalue weighted by atomic mass is 9.96. The van der Waals surface area contributed by atoms with Crippen LogP contribution in [0.1, 0.15) is 26.2 Å². The summed E-state index contributed by atoms with van der Waals surface area (Å²) in [6, 6.07) is 5.74. The van der Waals surface area contributed by atoms with E-state index >= 15 is 0 Å². The van der Waals surface area contributed by atoms with Gasteiger partial charge in [0.1, 0.15) is 17.9 Å². The van der Waals surface area contributed by atoms with E-state index in [1.807, 2.05) is 0 Å². The lowest BCUT2D eigenvalue weighted by molar-refractivity contribution is -0.154. The third-order valence-corrected chi connectivity index (χ3v) is 5.97. The van der Waals surface area contributed by atoms with E-state index in [2.05, 4.69) is 9.61 Å². The summed E-state index contributed by atoms with van der Waals surface area (Å²) in [6.45, 7) is 1.21. The molecule has 0 saturated heterocycles. The minimum Gasteiger partial charge on any atom is -0.461 e. The molecule has 168 valence electrons. The lowest BCUT2D eigenvalue weighted by Crippen LogP contribution is -2.39. The highest BCUT2D eigenvalue weighted by atomic mass is 31.2. The van der Waals surface area contributed by atoms with Crippen molar-refractivity contribution in [2.45, 2.75) is 38.3 Å². The zero-order valence-electron chi connectivity index (χ0n) is 16.0. The Bertz CT molecular complexity index is 989. The zero-order chi connectivity index (χ0) is 22.8. The minimum atomic E-state index is -4.90. The van der Waals surface area contributed by atoms with Crippen LogP contribution in [-0.4, -0.2) is 18.1 Å². The number of carbonyl (C=O) groups is 1. The molecule has 0 radical (unpaired) electrons. The van der Waals surface area contributed by atoms with Crippen molar-refractivity contribution in [3.05, 3.63) is 59.4 Å². The number of rotatable bonds is 8. The zero-order valence-corrected chi connectivity index (χ0v) is 16.9.